The number of carbonyl (C=O) groups is 1. The van der Waals surface area contributed by atoms with Gasteiger partial charge < -0.3 is 10.2 Å². The highest BCUT2D eigenvalue weighted by Crippen LogP contribution is 2.26. The Labute approximate surface area is 162 Å². The highest BCUT2D eigenvalue weighted by atomic mass is 35.5. The van der Waals surface area contributed by atoms with E-state index in [4.69, 9.17) is 23.2 Å². The molecule has 1 unspecified atom stereocenters. The first-order valence-electron chi connectivity index (χ1n) is 8.24. The molecule has 1 fully saturated rings. The predicted octanol–water partition coefficient (Wildman–Crippen LogP) is 3.77. The number of benzene rings is 1. The van der Waals surface area contributed by atoms with E-state index in [0.29, 0.717) is 22.2 Å². The van der Waals surface area contributed by atoms with Crippen molar-refractivity contribution < 1.29 is 4.79 Å². The molecular formula is C18H21Cl2N3OS. The van der Waals surface area contributed by atoms with Gasteiger partial charge in [0.05, 0.1) is 16.1 Å². The Kier molecular flexibility index (Phi) is 6.36. The third kappa shape index (κ3) is 4.74. The summed E-state index contributed by atoms with van der Waals surface area (Å²) in [4.78, 5) is 18.5. The molecule has 1 aliphatic heterocycles. The maximum Gasteiger partial charge on any atom is 0.251 e. The molecule has 0 spiro atoms. The van der Waals surface area contributed by atoms with E-state index in [1.807, 2.05) is 0 Å². The first kappa shape index (κ1) is 18.7. The molecule has 0 bridgehead atoms. The normalized spacial score (nSPS) is 17.4. The molecule has 1 atom stereocenters. The number of hydrogen-bond donors (Lipinski definition) is 1. The van der Waals surface area contributed by atoms with Crippen LogP contribution in [0.4, 0.5) is 0 Å². The van der Waals surface area contributed by atoms with Crippen LogP contribution in [0.2, 0.25) is 10.0 Å². The molecule has 1 N–H and O–H groups in total. The molecule has 3 rings (SSSR count). The monoisotopic (exact) mass is 397 g/mol. The van der Waals surface area contributed by atoms with Crippen LogP contribution in [0.3, 0.4) is 0 Å². The van der Waals surface area contributed by atoms with Gasteiger partial charge in [0, 0.05) is 43.2 Å². The Hall–Kier alpha value is -1.11. The standard InChI is InChI=1S/C18H21Cl2N3OS/c1-22-6-8-23(9-7-22)16(17-3-2-10-25-17)12-21-18(24)13-4-5-14(19)15(20)11-13/h2-5,10-11,16H,6-9,12H2,1H3,(H,21,24). The lowest BCUT2D eigenvalue weighted by Gasteiger charge is -2.37. The van der Waals surface area contributed by atoms with Crippen LogP contribution in [0.15, 0.2) is 35.7 Å². The van der Waals surface area contributed by atoms with Crippen molar-refractivity contribution in [2.75, 3.05) is 39.8 Å². The van der Waals surface area contributed by atoms with E-state index in [1.54, 1.807) is 29.5 Å². The molecule has 2 heterocycles. The van der Waals surface area contributed by atoms with Crippen LogP contribution in [0.1, 0.15) is 21.3 Å². The van der Waals surface area contributed by atoms with Crippen molar-refractivity contribution in [1.29, 1.82) is 0 Å². The molecular weight excluding hydrogens is 377 g/mol. The van der Waals surface area contributed by atoms with Gasteiger partial charge in [-0.15, -0.1) is 11.3 Å². The van der Waals surface area contributed by atoms with Gasteiger partial charge in [0.15, 0.2) is 0 Å². The molecule has 1 saturated heterocycles. The van der Waals surface area contributed by atoms with Crippen LogP contribution in [0.5, 0.6) is 0 Å². The van der Waals surface area contributed by atoms with Gasteiger partial charge in [-0.25, -0.2) is 0 Å². The minimum atomic E-state index is -0.130. The van der Waals surface area contributed by atoms with E-state index < -0.39 is 0 Å². The van der Waals surface area contributed by atoms with Crippen LogP contribution in [-0.2, 0) is 0 Å². The van der Waals surface area contributed by atoms with E-state index in [9.17, 15) is 4.79 Å². The maximum atomic E-state index is 12.5. The second-order valence-electron chi connectivity index (χ2n) is 6.21. The topological polar surface area (TPSA) is 35.6 Å². The third-order valence-electron chi connectivity index (χ3n) is 4.49. The lowest BCUT2D eigenvalue weighted by atomic mass is 10.1. The molecule has 0 radical (unpaired) electrons. The zero-order valence-electron chi connectivity index (χ0n) is 14.0. The summed E-state index contributed by atoms with van der Waals surface area (Å²) >= 11 is 13.7. The number of piperazine rings is 1. The summed E-state index contributed by atoms with van der Waals surface area (Å²) in [5.74, 6) is -0.130. The summed E-state index contributed by atoms with van der Waals surface area (Å²) < 4.78 is 0. The van der Waals surface area contributed by atoms with Gasteiger partial charge >= 0.3 is 0 Å². The SMILES string of the molecule is CN1CCN(C(CNC(=O)c2ccc(Cl)c(Cl)c2)c2cccs2)CC1. The maximum absolute atomic E-state index is 12.5. The molecule has 1 aliphatic rings. The number of carbonyl (C=O) groups excluding carboxylic acids is 1. The average Bonchev–Trinajstić information content (AvgIpc) is 3.13. The van der Waals surface area contributed by atoms with Gasteiger partial charge in [0.1, 0.15) is 0 Å². The third-order valence-corrected chi connectivity index (χ3v) is 6.20. The molecule has 2 aromatic rings. The number of thiophene rings is 1. The van der Waals surface area contributed by atoms with Crippen LogP contribution in [-0.4, -0.2) is 55.5 Å². The van der Waals surface area contributed by atoms with Gasteiger partial charge in [-0.2, -0.15) is 0 Å². The zero-order chi connectivity index (χ0) is 17.8. The van der Waals surface area contributed by atoms with Crippen LogP contribution in [0.25, 0.3) is 0 Å². The molecule has 1 amide bonds. The Morgan fingerprint density at radius 3 is 2.60 bits per heavy atom. The molecule has 25 heavy (non-hydrogen) atoms. The number of nitrogens with zero attached hydrogens (tertiary/aromatic N) is 2. The second kappa shape index (κ2) is 8.52. The van der Waals surface area contributed by atoms with Crippen molar-refractivity contribution >= 4 is 40.4 Å². The van der Waals surface area contributed by atoms with E-state index in [0.717, 1.165) is 26.2 Å². The van der Waals surface area contributed by atoms with Crippen molar-refractivity contribution in [3.63, 3.8) is 0 Å². The lowest BCUT2D eigenvalue weighted by molar-refractivity contribution is 0.0890. The van der Waals surface area contributed by atoms with Crippen LogP contribution < -0.4 is 5.32 Å². The Morgan fingerprint density at radius 2 is 1.96 bits per heavy atom. The highest BCUT2D eigenvalue weighted by molar-refractivity contribution is 7.10. The second-order valence-corrected chi connectivity index (χ2v) is 8.00. The summed E-state index contributed by atoms with van der Waals surface area (Å²) in [7, 11) is 2.14. The fourth-order valence-electron chi connectivity index (χ4n) is 2.95. The van der Waals surface area contributed by atoms with Gasteiger partial charge in [-0.3, -0.25) is 9.69 Å². The number of halogens is 2. The summed E-state index contributed by atoms with van der Waals surface area (Å²) in [6.07, 6.45) is 0. The Bertz CT molecular complexity index is 715. The fraction of sp³-hybridized carbons (Fsp3) is 0.389. The van der Waals surface area contributed by atoms with Crippen molar-refractivity contribution in [3.8, 4) is 0 Å². The Morgan fingerprint density at radius 1 is 1.20 bits per heavy atom. The number of hydrogen-bond acceptors (Lipinski definition) is 4. The summed E-state index contributed by atoms with van der Waals surface area (Å²) in [6, 6.07) is 9.34. The minimum Gasteiger partial charge on any atom is -0.350 e. The fourth-order valence-corrected chi connectivity index (χ4v) is 4.11. The lowest BCUT2D eigenvalue weighted by Crippen LogP contribution is -2.48. The first-order chi connectivity index (χ1) is 12.0. The quantitative estimate of drug-likeness (QED) is 0.833. The largest absolute Gasteiger partial charge is 0.350 e. The Balaban J connectivity index is 1.68. The smallest absolute Gasteiger partial charge is 0.251 e. The molecule has 0 aliphatic carbocycles. The number of amides is 1. The molecule has 1 aromatic carbocycles. The van der Waals surface area contributed by atoms with Crippen molar-refractivity contribution in [1.82, 2.24) is 15.1 Å². The van der Waals surface area contributed by atoms with E-state index in [2.05, 4.69) is 39.7 Å². The predicted molar refractivity (Wildman–Crippen MR) is 105 cm³/mol. The summed E-state index contributed by atoms with van der Waals surface area (Å²) in [6.45, 7) is 4.66. The van der Waals surface area contributed by atoms with Gasteiger partial charge in [0.25, 0.3) is 5.91 Å². The molecule has 1 aromatic heterocycles. The van der Waals surface area contributed by atoms with Crippen LogP contribution in [0, 0.1) is 0 Å². The number of rotatable bonds is 5. The van der Waals surface area contributed by atoms with E-state index >= 15 is 0 Å². The average molecular weight is 398 g/mol. The van der Waals surface area contributed by atoms with Crippen LogP contribution >= 0.6 is 34.5 Å². The van der Waals surface area contributed by atoms with Crippen molar-refractivity contribution in [2.45, 2.75) is 6.04 Å². The molecule has 7 heteroatoms. The van der Waals surface area contributed by atoms with Gasteiger partial charge in [-0.05, 0) is 36.7 Å². The first-order valence-corrected chi connectivity index (χ1v) is 9.87. The van der Waals surface area contributed by atoms with Gasteiger partial charge in [0.2, 0.25) is 0 Å². The molecule has 134 valence electrons. The van der Waals surface area contributed by atoms with E-state index in [-0.39, 0.29) is 11.9 Å². The molecule has 4 nitrogen and oxygen atoms in total. The van der Waals surface area contributed by atoms with Gasteiger partial charge in [-0.1, -0.05) is 29.3 Å². The zero-order valence-corrected chi connectivity index (χ0v) is 16.4. The van der Waals surface area contributed by atoms with Crippen molar-refractivity contribution in [3.05, 3.63) is 56.2 Å². The van der Waals surface area contributed by atoms with Crippen molar-refractivity contribution in [2.24, 2.45) is 0 Å². The number of likely N-dealkylation sites (N-methyl/N-ethyl adjacent to an activating group) is 1. The summed E-state index contributed by atoms with van der Waals surface area (Å²) in [5.41, 5.74) is 0.526. The molecule has 0 saturated carbocycles. The highest BCUT2D eigenvalue weighted by Gasteiger charge is 2.25. The van der Waals surface area contributed by atoms with E-state index in [1.165, 1.54) is 4.88 Å². The number of nitrogens with one attached hydrogen (secondary N) is 1. The minimum absolute atomic E-state index is 0.130. The summed E-state index contributed by atoms with van der Waals surface area (Å²) in [5, 5.41) is 5.98.